The van der Waals surface area contributed by atoms with E-state index < -0.39 is 5.60 Å². The van der Waals surface area contributed by atoms with Crippen LogP contribution in [-0.2, 0) is 6.54 Å². The number of aliphatic hydroxyl groups is 1. The molecule has 3 heterocycles. The van der Waals surface area contributed by atoms with E-state index in [1.54, 1.807) is 18.8 Å². The second kappa shape index (κ2) is 6.45. The van der Waals surface area contributed by atoms with Gasteiger partial charge in [0.2, 0.25) is 0 Å². The van der Waals surface area contributed by atoms with Crippen molar-refractivity contribution in [3.8, 4) is 0 Å². The zero-order chi connectivity index (χ0) is 15.6. The summed E-state index contributed by atoms with van der Waals surface area (Å²) in [5, 5.41) is 21.5. The van der Waals surface area contributed by atoms with Crippen LogP contribution < -0.4 is 10.6 Å². The van der Waals surface area contributed by atoms with Crippen LogP contribution in [0.1, 0.15) is 37.0 Å². The maximum Gasteiger partial charge on any atom is 0.191 e. The van der Waals surface area contributed by atoms with Gasteiger partial charge in [-0.1, -0.05) is 0 Å². The number of aliphatic imine (C=N–C) groups is 1. The molecule has 2 aliphatic heterocycles. The summed E-state index contributed by atoms with van der Waals surface area (Å²) in [6.07, 6.45) is 2.92. The number of aromatic nitrogens is 3. The third kappa shape index (κ3) is 3.38. The lowest BCUT2D eigenvalue weighted by molar-refractivity contribution is 0.0723. The Morgan fingerprint density at radius 1 is 1.59 bits per heavy atom. The van der Waals surface area contributed by atoms with Crippen LogP contribution in [0.15, 0.2) is 4.99 Å². The van der Waals surface area contributed by atoms with Gasteiger partial charge < -0.3 is 15.7 Å². The standard InChI is InChI=1S/C14H24N6OS/c1-10-17-12-11(4-3-6-20(12)19-10)18-13(15-2)16-8-14(21)5-7-22-9-14/h11,21H,3-9H2,1-2H3,(H2,15,16,18). The molecule has 0 spiro atoms. The molecule has 8 heteroatoms. The molecule has 1 aromatic heterocycles. The van der Waals surface area contributed by atoms with Crippen molar-refractivity contribution in [1.82, 2.24) is 25.4 Å². The number of nitrogens with one attached hydrogen (secondary N) is 2. The van der Waals surface area contributed by atoms with Crippen molar-refractivity contribution in [1.29, 1.82) is 0 Å². The zero-order valence-corrected chi connectivity index (χ0v) is 14.0. The minimum atomic E-state index is -0.620. The molecule has 1 saturated heterocycles. The smallest absolute Gasteiger partial charge is 0.191 e. The topological polar surface area (TPSA) is 87.4 Å². The Morgan fingerprint density at radius 2 is 2.45 bits per heavy atom. The second-order valence-electron chi connectivity index (χ2n) is 6.03. The first-order chi connectivity index (χ1) is 10.6. The minimum absolute atomic E-state index is 0.119. The van der Waals surface area contributed by atoms with Crippen molar-refractivity contribution in [3.05, 3.63) is 11.6 Å². The van der Waals surface area contributed by atoms with Crippen molar-refractivity contribution in [2.24, 2.45) is 4.99 Å². The monoisotopic (exact) mass is 324 g/mol. The molecule has 3 rings (SSSR count). The maximum atomic E-state index is 10.4. The van der Waals surface area contributed by atoms with Crippen LogP contribution in [0, 0.1) is 6.92 Å². The Labute approximate surface area is 135 Å². The van der Waals surface area contributed by atoms with Crippen LogP contribution >= 0.6 is 11.8 Å². The number of guanidine groups is 1. The van der Waals surface area contributed by atoms with E-state index in [0.717, 1.165) is 49.0 Å². The van der Waals surface area contributed by atoms with Crippen LogP contribution in [0.25, 0.3) is 0 Å². The molecule has 0 amide bonds. The highest BCUT2D eigenvalue weighted by molar-refractivity contribution is 7.99. The average molecular weight is 324 g/mol. The second-order valence-corrected chi connectivity index (χ2v) is 7.14. The van der Waals surface area contributed by atoms with E-state index in [9.17, 15) is 5.11 Å². The number of rotatable bonds is 3. The predicted molar refractivity (Wildman–Crippen MR) is 88.1 cm³/mol. The lowest BCUT2D eigenvalue weighted by Crippen LogP contribution is -2.48. The SMILES string of the molecule is CN=C(NCC1(O)CCSC1)NC1CCCn2nc(C)nc21. The summed E-state index contributed by atoms with van der Waals surface area (Å²) in [6.45, 7) is 3.37. The van der Waals surface area contributed by atoms with Crippen LogP contribution in [0.3, 0.4) is 0 Å². The Kier molecular flexibility index (Phi) is 4.58. The summed E-state index contributed by atoms with van der Waals surface area (Å²) in [5.41, 5.74) is -0.620. The van der Waals surface area contributed by atoms with Crippen molar-refractivity contribution in [2.45, 2.75) is 44.4 Å². The summed E-state index contributed by atoms with van der Waals surface area (Å²) < 4.78 is 1.98. The van der Waals surface area contributed by atoms with Gasteiger partial charge in [-0.25, -0.2) is 9.67 Å². The van der Waals surface area contributed by atoms with Gasteiger partial charge >= 0.3 is 0 Å². The molecule has 2 atom stereocenters. The molecule has 2 unspecified atom stereocenters. The molecule has 0 radical (unpaired) electrons. The molecule has 0 aliphatic carbocycles. The molecule has 0 saturated carbocycles. The van der Waals surface area contributed by atoms with E-state index in [1.165, 1.54) is 0 Å². The highest BCUT2D eigenvalue weighted by Crippen LogP contribution is 2.27. The summed E-state index contributed by atoms with van der Waals surface area (Å²) in [4.78, 5) is 8.80. The molecular weight excluding hydrogens is 300 g/mol. The zero-order valence-electron chi connectivity index (χ0n) is 13.2. The minimum Gasteiger partial charge on any atom is -0.387 e. The number of thioether (sulfide) groups is 1. The van der Waals surface area contributed by atoms with Gasteiger partial charge in [-0.2, -0.15) is 16.9 Å². The Morgan fingerprint density at radius 3 is 3.18 bits per heavy atom. The van der Waals surface area contributed by atoms with E-state index >= 15 is 0 Å². The fraction of sp³-hybridized carbons (Fsp3) is 0.786. The van der Waals surface area contributed by atoms with Crippen molar-refractivity contribution in [2.75, 3.05) is 25.1 Å². The van der Waals surface area contributed by atoms with E-state index in [-0.39, 0.29) is 6.04 Å². The van der Waals surface area contributed by atoms with E-state index in [4.69, 9.17) is 0 Å². The van der Waals surface area contributed by atoms with Crippen LogP contribution in [0.4, 0.5) is 0 Å². The van der Waals surface area contributed by atoms with E-state index in [2.05, 4.69) is 25.7 Å². The predicted octanol–water partition coefficient (Wildman–Crippen LogP) is 0.454. The molecule has 2 aliphatic rings. The lowest BCUT2D eigenvalue weighted by Gasteiger charge is -2.27. The summed E-state index contributed by atoms with van der Waals surface area (Å²) in [6, 6.07) is 0.119. The molecular formula is C14H24N6OS. The van der Waals surface area contributed by atoms with Crippen molar-refractivity contribution in [3.63, 3.8) is 0 Å². The number of nitrogens with zero attached hydrogens (tertiary/aromatic N) is 4. The number of aryl methyl sites for hydroxylation is 2. The highest BCUT2D eigenvalue weighted by Gasteiger charge is 2.32. The first-order valence-corrected chi connectivity index (χ1v) is 8.94. The van der Waals surface area contributed by atoms with Crippen molar-refractivity contribution >= 4 is 17.7 Å². The maximum absolute atomic E-state index is 10.4. The molecule has 0 aromatic carbocycles. The molecule has 0 bridgehead atoms. The quantitative estimate of drug-likeness (QED) is 0.553. The Bertz CT molecular complexity index is 552. The Hall–Kier alpha value is -1.28. The molecule has 3 N–H and O–H groups in total. The highest BCUT2D eigenvalue weighted by atomic mass is 32.2. The third-order valence-corrected chi connectivity index (χ3v) is 5.42. The van der Waals surface area contributed by atoms with Gasteiger partial charge in [0.05, 0.1) is 11.6 Å². The van der Waals surface area contributed by atoms with Gasteiger partial charge in [0.25, 0.3) is 0 Å². The van der Waals surface area contributed by atoms with E-state index in [1.807, 2.05) is 11.6 Å². The van der Waals surface area contributed by atoms with E-state index in [0.29, 0.717) is 12.5 Å². The van der Waals surface area contributed by atoms with Gasteiger partial charge in [-0.3, -0.25) is 4.99 Å². The molecule has 7 nitrogen and oxygen atoms in total. The van der Waals surface area contributed by atoms with Gasteiger partial charge in [-0.05, 0) is 31.9 Å². The summed E-state index contributed by atoms with van der Waals surface area (Å²) in [5.74, 6) is 4.30. The van der Waals surface area contributed by atoms with Crippen LogP contribution in [-0.4, -0.2) is 56.5 Å². The number of hydrogen-bond donors (Lipinski definition) is 3. The van der Waals surface area contributed by atoms with Crippen LogP contribution in [0.5, 0.6) is 0 Å². The summed E-state index contributed by atoms with van der Waals surface area (Å²) >= 11 is 1.80. The van der Waals surface area contributed by atoms with Gasteiger partial charge in [0.1, 0.15) is 11.6 Å². The number of fused-ring (bicyclic) bond motifs is 1. The first kappa shape index (κ1) is 15.6. The van der Waals surface area contributed by atoms with Gasteiger partial charge in [0, 0.05) is 25.9 Å². The Balaban J connectivity index is 1.61. The average Bonchev–Trinajstić information content (AvgIpc) is 3.09. The normalized spacial score (nSPS) is 28.5. The van der Waals surface area contributed by atoms with Gasteiger partial charge in [0.15, 0.2) is 5.96 Å². The molecule has 1 aromatic rings. The third-order valence-electron chi connectivity index (χ3n) is 4.18. The summed E-state index contributed by atoms with van der Waals surface area (Å²) in [7, 11) is 1.75. The fourth-order valence-electron chi connectivity index (χ4n) is 2.95. The van der Waals surface area contributed by atoms with Crippen LogP contribution in [0.2, 0.25) is 0 Å². The van der Waals surface area contributed by atoms with Crippen molar-refractivity contribution < 1.29 is 5.11 Å². The molecule has 22 heavy (non-hydrogen) atoms. The van der Waals surface area contributed by atoms with Gasteiger partial charge in [-0.15, -0.1) is 0 Å². The largest absolute Gasteiger partial charge is 0.387 e. The number of hydrogen-bond acceptors (Lipinski definition) is 5. The fourth-order valence-corrected chi connectivity index (χ4v) is 4.24. The molecule has 1 fully saturated rings. The molecule has 122 valence electrons. The lowest BCUT2D eigenvalue weighted by atomic mass is 10.0. The first-order valence-electron chi connectivity index (χ1n) is 7.78.